The van der Waals surface area contributed by atoms with Crippen molar-refractivity contribution in [3.05, 3.63) is 106 Å². The predicted molar refractivity (Wildman–Crippen MR) is 182 cm³/mol. The van der Waals surface area contributed by atoms with E-state index in [0.717, 1.165) is 52.8 Å². The number of carboxylic acids is 1. The number of ether oxygens (including phenoxy) is 1. The van der Waals surface area contributed by atoms with Gasteiger partial charge in [0.1, 0.15) is 0 Å². The van der Waals surface area contributed by atoms with E-state index in [0.29, 0.717) is 44.5 Å². The lowest BCUT2D eigenvalue weighted by Crippen LogP contribution is -2.62. The second-order valence-corrected chi connectivity index (χ2v) is 13.5. The number of hydrogen-bond acceptors (Lipinski definition) is 5. The van der Waals surface area contributed by atoms with Crippen molar-refractivity contribution in [2.24, 2.45) is 0 Å². The van der Waals surface area contributed by atoms with Crippen LogP contribution in [0.1, 0.15) is 67.2 Å². The van der Waals surface area contributed by atoms with Gasteiger partial charge in [-0.1, -0.05) is 48.5 Å². The minimum atomic E-state index is -1.34. The van der Waals surface area contributed by atoms with E-state index in [1.165, 1.54) is 0 Å². The Morgan fingerprint density at radius 3 is 2.40 bits per heavy atom. The lowest BCUT2D eigenvalue weighted by Gasteiger charge is -2.45. The molecule has 1 saturated heterocycles. The Balaban J connectivity index is 1.22. The molecule has 2 unspecified atom stereocenters. The van der Waals surface area contributed by atoms with Crippen molar-refractivity contribution >= 4 is 23.4 Å². The molecule has 11 heteroatoms. The summed E-state index contributed by atoms with van der Waals surface area (Å²) in [7, 11) is 0. The first-order valence-corrected chi connectivity index (χ1v) is 17.3. The third kappa shape index (κ3) is 8.21. The van der Waals surface area contributed by atoms with Gasteiger partial charge in [-0.05, 0) is 85.4 Å². The maximum absolute atomic E-state index is 14.7. The largest absolute Gasteiger partial charge is 0.488 e. The first-order chi connectivity index (χ1) is 24.1. The van der Waals surface area contributed by atoms with Gasteiger partial charge < -0.3 is 25.0 Å². The Hall–Kier alpha value is -4.64. The van der Waals surface area contributed by atoms with Crippen molar-refractivity contribution in [1.29, 1.82) is 0 Å². The van der Waals surface area contributed by atoms with Crippen molar-refractivity contribution in [3.63, 3.8) is 0 Å². The Morgan fingerprint density at radius 2 is 1.68 bits per heavy atom. The summed E-state index contributed by atoms with van der Waals surface area (Å²) in [4.78, 5) is 42.7. The summed E-state index contributed by atoms with van der Waals surface area (Å²) in [6, 6.07) is 17.2. The van der Waals surface area contributed by atoms with Crippen molar-refractivity contribution in [3.8, 4) is 5.75 Å². The molecule has 6 rings (SSSR count). The minimum absolute atomic E-state index is 0.00128. The van der Waals surface area contributed by atoms with Gasteiger partial charge in [-0.15, -0.1) is 0 Å². The molecule has 2 amide bonds. The van der Waals surface area contributed by atoms with E-state index in [9.17, 15) is 27.6 Å². The molecule has 8 nitrogen and oxygen atoms in total. The van der Waals surface area contributed by atoms with Gasteiger partial charge in [0, 0.05) is 50.1 Å². The Labute approximate surface area is 289 Å². The van der Waals surface area contributed by atoms with Gasteiger partial charge in [0.15, 0.2) is 17.4 Å². The maximum atomic E-state index is 14.7. The fourth-order valence-corrected chi connectivity index (χ4v) is 6.96. The zero-order valence-corrected chi connectivity index (χ0v) is 28.1. The summed E-state index contributed by atoms with van der Waals surface area (Å²) in [5, 5.41) is 12.7. The maximum Gasteiger partial charge on any atom is 0.303 e. The zero-order chi connectivity index (χ0) is 35.4. The van der Waals surface area contributed by atoms with Crippen LogP contribution in [-0.2, 0) is 27.3 Å². The molecule has 2 fully saturated rings. The number of rotatable bonds is 14. The van der Waals surface area contributed by atoms with Crippen molar-refractivity contribution < 1.29 is 37.4 Å². The Kier molecular flexibility index (Phi) is 10.9. The zero-order valence-electron chi connectivity index (χ0n) is 28.1. The third-order valence-electron chi connectivity index (χ3n) is 9.78. The van der Waals surface area contributed by atoms with Gasteiger partial charge >= 0.3 is 5.97 Å². The van der Waals surface area contributed by atoms with Crippen molar-refractivity contribution in [2.45, 2.75) is 83.0 Å². The van der Waals surface area contributed by atoms with Gasteiger partial charge in [-0.3, -0.25) is 14.4 Å². The monoisotopic (exact) mass is 689 g/mol. The van der Waals surface area contributed by atoms with Crippen LogP contribution < -0.4 is 10.1 Å². The summed E-state index contributed by atoms with van der Waals surface area (Å²) >= 11 is 0. The van der Waals surface area contributed by atoms with E-state index in [2.05, 4.69) is 11.4 Å². The van der Waals surface area contributed by atoms with Crippen LogP contribution in [0.5, 0.6) is 5.75 Å². The van der Waals surface area contributed by atoms with Gasteiger partial charge in [-0.2, -0.15) is 4.39 Å². The lowest BCUT2D eigenvalue weighted by atomic mass is 9.82. The van der Waals surface area contributed by atoms with E-state index in [1.54, 1.807) is 4.90 Å². The first kappa shape index (κ1) is 35.2. The van der Waals surface area contributed by atoms with Crippen LogP contribution in [0.3, 0.4) is 0 Å². The summed E-state index contributed by atoms with van der Waals surface area (Å²) in [5.41, 5.74) is 5.70. The molecule has 3 aliphatic rings. The van der Waals surface area contributed by atoms with Crippen LogP contribution in [0.4, 0.5) is 13.2 Å². The van der Waals surface area contributed by atoms with Crippen molar-refractivity contribution in [1.82, 2.24) is 15.1 Å². The lowest BCUT2D eigenvalue weighted by molar-refractivity contribution is -0.138. The van der Waals surface area contributed by atoms with Crippen LogP contribution in [0.25, 0.3) is 5.57 Å². The number of nitrogens with one attached hydrogen (secondary N) is 1. The molecule has 0 aromatic heterocycles. The van der Waals surface area contributed by atoms with E-state index in [1.807, 2.05) is 54.3 Å². The minimum Gasteiger partial charge on any atom is -0.488 e. The molecule has 50 heavy (non-hydrogen) atoms. The summed E-state index contributed by atoms with van der Waals surface area (Å²) in [6.45, 7) is 3.32. The van der Waals surface area contributed by atoms with E-state index >= 15 is 0 Å². The normalized spacial score (nSPS) is 18.6. The highest BCUT2D eigenvalue weighted by Crippen LogP contribution is 2.38. The molecule has 2 aliphatic heterocycles. The molecule has 3 aromatic carbocycles. The highest BCUT2D eigenvalue weighted by atomic mass is 19.2. The number of carbonyl (C=O) groups is 3. The molecule has 1 saturated carbocycles. The molecule has 2 heterocycles. The standard InChI is InChI=1S/C39H42F3N3O5/c1-24-6-2-3-8-27(24)21-45(29-15-16-29)39(49)36-30(20-28-22-44(23-33(36)43-28)34(46)9-4-10-35(47)48)26-13-11-25(12-14-26)7-5-19-50-38-32(41)18-17-31(40)37(38)42/h2-3,6,8,11-14,17-18,28-29,33,43H,4-5,7,9-10,15-16,19-23H2,1H3,(H,47,48). The average molecular weight is 690 g/mol. The van der Waals surface area contributed by atoms with Crippen LogP contribution in [0.15, 0.2) is 66.2 Å². The third-order valence-corrected chi connectivity index (χ3v) is 9.78. The number of fused-ring (bicyclic) bond motifs is 2. The van der Waals surface area contributed by atoms with E-state index in [4.69, 9.17) is 9.84 Å². The number of hydrogen-bond donors (Lipinski definition) is 2. The molecule has 2 N–H and O–H groups in total. The number of piperazine rings is 1. The molecule has 1 aliphatic carbocycles. The van der Waals surface area contributed by atoms with Gasteiger partial charge in [0.05, 0.1) is 12.6 Å². The molecule has 2 atom stereocenters. The molecule has 2 bridgehead atoms. The number of halogens is 3. The second-order valence-electron chi connectivity index (χ2n) is 13.5. The predicted octanol–water partition coefficient (Wildman–Crippen LogP) is 6.20. The van der Waals surface area contributed by atoms with E-state index < -0.39 is 29.2 Å². The average Bonchev–Trinajstić information content (AvgIpc) is 3.94. The van der Waals surface area contributed by atoms with Crippen molar-refractivity contribution in [2.75, 3.05) is 19.7 Å². The fourth-order valence-electron chi connectivity index (χ4n) is 6.96. The summed E-state index contributed by atoms with van der Waals surface area (Å²) in [5.74, 6) is -5.26. The number of benzene rings is 3. The fraction of sp³-hybridized carbons (Fsp3) is 0.410. The highest BCUT2D eigenvalue weighted by Gasteiger charge is 2.43. The van der Waals surface area contributed by atoms with Crippen LogP contribution in [0, 0.1) is 24.4 Å². The number of nitrogens with zero attached hydrogens (tertiary/aromatic N) is 2. The second kappa shape index (κ2) is 15.5. The highest BCUT2D eigenvalue weighted by molar-refractivity contribution is 6.03. The Bertz CT molecular complexity index is 1770. The summed E-state index contributed by atoms with van der Waals surface area (Å²) < 4.78 is 46.6. The van der Waals surface area contributed by atoms with Gasteiger partial charge in [0.2, 0.25) is 11.7 Å². The molecule has 0 radical (unpaired) electrons. The number of carboxylic acid groups (broad SMARTS) is 1. The van der Waals surface area contributed by atoms with Gasteiger partial charge in [0.25, 0.3) is 5.91 Å². The van der Waals surface area contributed by atoms with Crippen LogP contribution in [0.2, 0.25) is 0 Å². The molecule has 0 spiro atoms. The topological polar surface area (TPSA) is 99.2 Å². The number of carbonyl (C=O) groups excluding carboxylic acids is 2. The Morgan fingerprint density at radius 1 is 0.940 bits per heavy atom. The van der Waals surface area contributed by atoms with E-state index in [-0.39, 0.29) is 55.8 Å². The quantitative estimate of drug-likeness (QED) is 0.155. The molecular formula is C39H42F3N3O5. The van der Waals surface area contributed by atoms with Gasteiger partial charge in [-0.25, -0.2) is 8.78 Å². The summed E-state index contributed by atoms with van der Waals surface area (Å²) in [6.07, 6.45) is 3.76. The SMILES string of the molecule is Cc1ccccc1CN(C(=O)C1=C(c2ccc(CCCOc3c(F)ccc(F)c3F)cc2)CC2CN(C(=O)CCCC(=O)O)CC1N2)C1CC1. The number of amides is 2. The molecular weight excluding hydrogens is 647 g/mol. The van der Waals surface area contributed by atoms with Crippen LogP contribution in [-0.4, -0.2) is 70.5 Å². The smallest absolute Gasteiger partial charge is 0.303 e. The molecule has 3 aromatic rings. The first-order valence-electron chi connectivity index (χ1n) is 17.3. The molecule has 264 valence electrons. The number of aryl methyl sites for hydroxylation is 2. The number of aliphatic carboxylic acids is 1. The van der Waals surface area contributed by atoms with Crippen LogP contribution >= 0.6 is 0 Å².